The van der Waals surface area contributed by atoms with Crippen molar-refractivity contribution in [2.24, 2.45) is 0 Å². The molecule has 1 aliphatic heterocycles. The number of aliphatic hydroxyl groups is 1. The molecule has 1 N–H and O–H groups in total. The van der Waals surface area contributed by atoms with E-state index in [-0.39, 0.29) is 35.8 Å². The first-order valence-corrected chi connectivity index (χ1v) is 13.3. The number of rotatable bonds is 8. The molecule has 0 fully saturated rings. The number of unbranched alkanes of at least 4 members (excludes halogenated alkanes) is 1. The third-order valence-corrected chi connectivity index (χ3v) is 6.84. The summed E-state index contributed by atoms with van der Waals surface area (Å²) in [7, 11) is 1.62. The number of ether oxygens (including phenoxy) is 2. The van der Waals surface area contributed by atoms with Crippen LogP contribution in [0.4, 0.5) is 0 Å². The summed E-state index contributed by atoms with van der Waals surface area (Å²) < 4.78 is 33.5. The van der Waals surface area contributed by atoms with Crippen molar-refractivity contribution >= 4 is 19.0 Å². The van der Waals surface area contributed by atoms with Crippen LogP contribution in [0.2, 0.25) is 19.6 Å². The van der Waals surface area contributed by atoms with Crippen LogP contribution in [-0.2, 0) is 36.1 Å². The monoisotopic (exact) mass is 513 g/mol. The molecule has 0 aromatic heterocycles. The van der Waals surface area contributed by atoms with Gasteiger partial charge in [0, 0.05) is 43.1 Å². The Bertz CT molecular complexity index is 786. The molecule has 0 radical (unpaired) electrons. The normalized spacial score (nSPS) is 14.0. The van der Waals surface area contributed by atoms with Gasteiger partial charge in [0.2, 0.25) is 0 Å². The molecule has 0 bridgehead atoms. The molecule has 10 heteroatoms. The SMILES string of the molecule is COc1cc([C@@H]2CC(=O)C=CN2CCCCO)c([Si](C)(C)C)cc1OC.[C-]#[O+].[C-]#[O+].[C-]#[O+].[Cr]. The number of methoxy groups -OCH3 is 2. The predicted molar refractivity (Wildman–Crippen MR) is 119 cm³/mol. The Hall–Kier alpha value is -2.04. The van der Waals surface area contributed by atoms with Crippen LogP contribution in [0.5, 0.6) is 11.5 Å². The van der Waals surface area contributed by atoms with Crippen LogP contribution >= 0.6 is 0 Å². The van der Waals surface area contributed by atoms with Crippen molar-refractivity contribution in [1.29, 1.82) is 0 Å². The number of ketones is 1. The third kappa shape index (κ3) is 11.1. The third-order valence-electron chi connectivity index (χ3n) is 4.79. The summed E-state index contributed by atoms with van der Waals surface area (Å²) >= 11 is 0. The van der Waals surface area contributed by atoms with Crippen LogP contribution in [-0.4, -0.2) is 51.2 Å². The minimum atomic E-state index is -1.67. The van der Waals surface area contributed by atoms with E-state index in [1.165, 1.54) is 5.19 Å². The summed E-state index contributed by atoms with van der Waals surface area (Å²) in [6, 6.07) is 4.13. The molecule has 1 aromatic rings. The number of nitrogens with zero attached hydrogens (tertiary/aromatic N) is 1. The molecule has 1 atom stereocenters. The van der Waals surface area contributed by atoms with Crippen LogP contribution < -0.4 is 14.7 Å². The first kappa shape index (κ1) is 35.5. The Balaban J connectivity index is -0.00000119. The molecular weight excluding hydrogens is 482 g/mol. The first-order valence-electron chi connectivity index (χ1n) is 9.77. The van der Waals surface area contributed by atoms with E-state index in [1.807, 2.05) is 12.3 Å². The van der Waals surface area contributed by atoms with Gasteiger partial charge in [-0.25, -0.2) is 0 Å². The molecule has 1 heterocycles. The Kier molecular flexibility index (Phi) is 20.9. The van der Waals surface area contributed by atoms with Gasteiger partial charge in [-0.2, -0.15) is 0 Å². The van der Waals surface area contributed by atoms with Crippen molar-refractivity contribution in [2.75, 3.05) is 27.4 Å². The number of carbonyl (C=O) groups is 1. The van der Waals surface area contributed by atoms with Crippen molar-refractivity contribution in [3.8, 4) is 11.5 Å². The zero-order chi connectivity index (χ0) is 25.3. The van der Waals surface area contributed by atoms with Gasteiger partial charge >= 0.3 is 33.9 Å². The van der Waals surface area contributed by atoms with Gasteiger partial charge in [-0.05, 0) is 36.6 Å². The number of carbonyl (C=O) groups excluding carboxylic acids is 1. The Labute approximate surface area is 208 Å². The summed E-state index contributed by atoms with van der Waals surface area (Å²) in [6.07, 6.45) is 5.67. The van der Waals surface area contributed by atoms with Gasteiger partial charge in [-0.3, -0.25) is 4.79 Å². The van der Waals surface area contributed by atoms with E-state index < -0.39 is 8.07 Å². The number of benzene rings is 1. The minimum Gasteiger partial charge on any atom is 0 e. The van der Waals surface area contributed by atoms with Crippen molar-refractivity contribution in [3.05, 3.63) is 49.9 Å². The Morgan fingerprint density at radius 2 is 1.55 bits per heavy atom. The van der Waals surface area contributed by atoms with Crippen LogP contribution in [0.1, 0.15) is 30.9 Å². The summed E-state index contributed by atoms with van der Waals surface area (Å²) in [6.45, 7) is 21.4. The van der Waals surface area contributed by atoms with Crippen molar-refractivity contribution in [2.45, 2.75) is 44.9 Å². The van der Waals surface area contributed by atoms with Crippen molar-refractivity contribution in [1.82, 2.24) is 4.90 Å². The van der Waals surface area contributed by atoms with E-state index in [1.54, 1.807) is 20.3 Å². The van der Waals surface area contributed by atoms with E-state index in [9.17, 15) is 4.79 Å². The summed E-state index contributed by atoms with van der Waals surface area (Å²) in [5.41, 5.74) is 1.16. The van der Waals surface area contributed by atoms with Gasteiger partial charge < -0.3 is 19.5 Å². The molecule has 1 aromatic carbocycles. The van der Waals surface area contributed by atoms with Gasteiger partial charge in [0.1, 0.15) is 0 Å². The molecule has 0 aliphatic carbocycles. The van der Waals surface area contributed by atoms with Crippen LogP contribution in [0, 0.1) is 20.0 Å². The number of allylic oxidation sites excluding steroid dienone is 1. The molecule has 180 valence electrons. The molecule has 0 saturated heterocycles. The zero-order valence-electron chi connectivity index (χ0n) is 19.7. The van der Waals surface area contributed by atoms with Crippen molar-refractivity contribution < 1.29 is 50.7 Å². The first-order chi connectivity index (χ1) is 15.3. The van der Waals surface area contributed by atoms with Gasteiger partial charge in [0.25, 0.3) is 0 Å². The van der Waals surface area contributed by atoms with E-state index in [0.717, 1.165) is 30.7 Å². The summed E-state index contributed by atoms with van der Waals surface area (Å²) in [5, 5.41) is 10.4. The Morgan fingerprint density at radius 1 is 1.03 bits per heavy atom. The Morgan fingerprint density at radius 3 is 2.00 bits per heavy atom. The van der Waals surface area contributed by atoms with E-state index in [2.05, 4.69) is 50.6 Å². The molecule has 0 saturated carbocycles. The molecule has 0 unspecified atom stereocenters. The molecular formula is C23H31CrNO7Si. The molecule has 1 aliphatic rings. The smallest absolute Gasteiger partial charge is 0 e. The molecule has 2 rings (SSSR count). The van der Waals surface area contributed by atoms with Gasteiger partial charge in [-0.1, -0.05) is 24.8 Å². The average molecular weight is 514 g/mol. The quantitative estimate of drug-likeness (QED) is 0.248. The van der Waals surface area contributed by atoms with Gasteiger partial charge in [0.15, 0.2) is 17.3 Å². The minimum absolute atomic E-state index is 0. The fourth-order valence-electron chi connectivity index (χ4n) is 3.40. The molecule has 0 spiro atoms. The second-order valence-corrected chi connectivity index (χ2v) is 12.8. The fraction of sp³-hybridized carbons (Fsp3) is 0.478. The molecule has 0 amide bonds. The van der Waals surface area contributed by atoms with Gasteiger partial charge in [0.05, 0.1) is 28.3 Å². The van der Waals surface area contributed by atoms with Gasteiger partial charge in [-0.15, -0.1) is 0 Å². The topological polar surface area (TPSA) is 119 Å². The maximum absolute atomic E-state index is 12.2. The second-order valence-electron chi connectivity index (χ2n) is 7.71. The largest absolute Gasteiger partial charge is 0 e. The maximum Gasteiger partial charge on any atom is 0 e. The van der Waals surface area contributed by atoms with Crippen molar-refractivity contribution in [3.63, 3.8) is 0 Å². The fourth-order valence-corrected chi connectivity index (χ4v) is 5.07. The number of hydrogen-bond donors (Lipinski definition) is 1. The maximum atomic E-state index is 12.2. The number of hydrogen-bond acceptors (Lipinski definition) is 5. The summed E-state index contributed by atoms with van der Waals surface area (Å²) in [5.74, 6) is 1.57. The van der Waals surface area contributed by atoms with E-state index in [4.69, 9.17) is 28.5 Å². The molecule has 33 heavy (non-hydrogen) atoms. The van der Waals surface area contributed by atoms with Crippen LogP contribution in [0.25, 0.3) is 0 Å². The number of aliphatic hydroxyl groups excluding tert-OH is 1. The second kappa shape index (κ2) is 19.4. The zero-order valence-corrected chi connectivity index (χ0v) is 21.9. The average Bonchev–Trinajstić information content (AvgIpc) is 2.82. The summed E-state index contributed by atoms with van der Waals surface area (Å²) in [4.78, 5) is 14.4. The van der Waals surface area contributed by atoms with E-state index >= 15 is 0 Å². The van der Waals surface area contributed by atoms with E-state index in [0.29, 0.717) is 12.2 Å². The predicted octanol–water partition coefficient (Wildman–Crippen LogP) is 2.74. The van der Waals surface area contributed by atoms with Crippen LogP contribution in [0.15, 0.2) is 24.4 Å². The van der Waals surface area contributed by atoms with Crippen LogP contribution in [0.3, 0.4) is 0 Å². The standard InChI is InChI=1S/C20H31NO4Si.3CO.Cr/c1-24-18-13-16(20(26(3,4)5)14-19(18)25-2)17-12-15(23)8-10-21(17)9-6-7-11-22;3*1-2;/h8,10,13-14,17,22H,6-7,9,11-12H2,1-5H3;;;;/t17-;;;;/m0..../s1. The molecule has 8 nitrogen and oxygen atoms in total.